The van der Waals surface area contributed by atoms with Gasteiger partial charge in [-0.1, -0.05) is 37.1 Å². The van der Waals surface area contributed by atoms with E-state index in [2.05, 4.69) is 30.4 Å². The van der Waals surface area contributed by atoms with Crippen LogP contribution in [0.3, 0.4) is 0 Å². The number of para-hydroxylation sites is 1. The molecular formula is C39H46N8O9S. The summed E-state index contributed by atoms with van der Waals surface area (Å²) in [6.45, 7) is -0.138. The molecule has 302 valence electrons. The highest BCUT2D eigenvalue weighted by Crippen LogP contribution is 2.46. The molecule has 4 heterocycles. The summed E-state index contributed by atoms with van der Waals surface area (Å²) in [4.78, 5) is 80.2. The topological polar surface area (TPSA) is 221 Å². The summed E-state index contributed by atoms with van der Waals surface area (Å²) in [6, 6.07) is 2.26. The number of benzene rings is 1. The minimum atomic E-state index is -3.93. The van der Waals surface area contributed by atoms with Crippen molar-refractivity contribution in [2.45, 2.75) is 112 Å². The van der Waals surface area contributed by atoms with Crippen LogP contribution in [-0.2, 0) is 29.1 Å². The molecule has 1 saturated heterocycles. The maximum Gasteiger partial charge on any atom is 0.408 e. The number of hydrogen-bond donors (Lipinski definition) is 3. The van der Waals surface area contributed by atoms with Gasteiger partial charge in [-0.3, -0.25) is 33.9 Å². The molecule has 4 amide bonds. The van der Waals surface area contributed by atoms with Gasteiger partial charge in [-0.25, -0.2) is 17.9 Å². The lowest BCUT2D eigenvalue weighted by atomic mass is 9.96. The third-order valence-corrected chi connectivity index (χ3v) is 13.6. The zero-order valence-electron chi connectivity index (χ0n) is 31.6. The summed E-state index contributed by atoms with van der Waals surface area (Å²) in [6.07, 6.45) is 13.9. The molecule has 3 saturated carbocycles. The molecule has 2 aromatic heterocycles. The average molecular weight is 803 g/mol. The maximum absolute atomic E-state index is 14.6. The highest BCUT2D eigenvalue weighted by atomic mass is 32.2. The second-order valence-corrected chi connectivity index (χ2v) is 17.6. The molecular weight excluding hydrogens is 757 g/mol. The van der Waals surface area contributed by atoms with E-state index in [0.29, 0.717) is 47.8 Å². The molecule has 5 aliphatic rings. The first kappa shape index (κ1) is 38.5. The molecule has 1 aromatic carbocycles. The number of methoxy groups -OCH3 is 1. The normalized spacial score (nSPS) is 27.4. The first-order chi connectivity index (χ1) is 27.5. The molecule has 4 unspecified atom stereocenters. The number of alkyl carbamates (subject to hydrolysis) is 1. The predicted molar refractivity (Wildman–Crippen MR) is 205 cm³/mol. The molecule has 0 bridgehead atoms. The zero-order chi connectivity index (χ0) is 39.9. The lowest BCUT2D eigenvalue weighted by Crippen LogP contribution is -2.58. The van der Waals surface area contributed by atoms with Crippen LogP contribution in [0.5, 0.6) is 5.75 Å². The van der Waals surface area contributed by atoms with Crippen molar-refractivity contribution in [3.8, 4) is 16.9 Å². The van der Waals surface area contributed by atoms with Crippen molar-refractivity contribution in [2.24, 2.45) is 5.92 Å². The second kappa shape index (κ2) is 15.5. The van der Waals surface area contributed by atoms with Crippen molar-refractivity contribution in [1.82, 2.24) is 40.0 Å². The van der Waals surface area contributed by atoms with Crippen molar-refractivity contribution in [1.29, 1.82) is 0 Å². The first-order valence-corrected chi connectivity index (χ1v) is 21.2. The number of nitrogens with zero attached hydrogens (tertiary/aromatic N) is 5. The van der Waals surface area contributed by atoms with Gasteiger partial charge in [-0.15, -0.1) is 0 Å². The Balaban J connectivity index is 1.13. The van der Waals surface area contributed by atoms with Crippen molar-refractivity contribution >= 4 is 44.9 Å². The van der Waals surface area contributed by atoms with E-state index in [1.807, 2.05) is 12.2 Å². The highest BCUT2D eigenvalue weighted by molar-refractivity contribution is 7.91. The standard InChI is InChI=1S/C39H46N8O9S/c1-55-33-28(27-12-8-14-29-32(27)41-18-17-40-29)21-42-47(36(33)50)24-19-31-34(48)44-39(37(51)45-57(53,54)26-15-16-26)20-23(39)9-5-3-2-4-6-13-30(35(49)46(31)22-24)43-38(52)56-25-10-7-11-25/h5,8-9,12,14,17-18,21,23-26,30-31H,2-4,6-7,10-11,13,15-16,19-20,22H2,1H3,(H,43,52)(H,44,48)(H,45,51)/b9-5-/t23?,24?,30?,31-,39?/m0/s1. The van der Waals surface area contributed by atoms with E-state index in [0.717, 1.165) is 32.1 Å². The van der Waals surface area contributed by atoms with Crippen LogP contribution in [0.2, 0.25) is 0 Å². The average Bonchev–Trinajstić information content (AvgIpc) is 4.11. The minimum Gasteiger partial charge on any atom is -0.491 e. The SMILES string of the molecule is COc1c(-c2cccc3nccnc23)cnn(C2C[C@H]3C(=O)NC4(C(=O)NS(=O)(=O)C5CC5)CC4/C=C\CCCCCC(NC(=O)OC4CCC4)C(=O)N3C2)c1=O. The second-order valence-electron chi connectivity index (χ2n) is 15.6. The Hall–Kier alpha value is -5.39. The summed E-state index contributed by atoms with van der Waals surface area (Å²) in [5.74, 6) is -2.58. The van der Waals surface area contributed by atoms with E-state index in [1.54, 1.807) is 30.6 Å². The summed E-state index contributed by atoms with van der Waals surface area (Å²) >= 11 is 0. The van der Waals surface area contributed by atoms with Gasteiger partial charge in [0.2, 0.25) is 21.8 Å². The Morgan fingerprint density at radius 2 is 1.79 bits per heavy atom. The van der Waals surface area contributed by atoms with Crippen molar-refractivity contribution in [3.05, 3.63) is 59.3 Å². The zero-order valence-corrected chi connectivity index (χ0v) is 32.4. The molecule has 17 nitrogen and oxygen atoms in total. The maximum atomic E-state index is 14.6. The van der Waals surface area contributed by atoms with Gasteiger partial charge >= 0.3 is 11.7 Å². The first-order valence-electron chi connectivity index (χ1n) is 19.7. The number of aromatic nitrogens is 4. The molecule has 8 rings (SSSR count). The van der Waals surface area contributed by atoms with E-state index < -0.39 is 74.2 Å². The van der Waals surface area contributed by atoms with Crippen LogP contribution in [0.25, 0.3) is 22.2 Å². The summed E-state index contributed by atoms with van der Waals surface area (Å²) in [5.41, 5.74) is -0.0709. The minimum absolute atomic E-state index is 0.0261. The largest absolute Gasteiger partial charge is 0.491 e. The number of allylic oxidation sites excluding steroid dienone is 1. The van der Waals surface area contributed by atoms with Crippen molar-refractivity contribution in [3.63, 3.8) is 0 Å². The molecule has 5 atom stereocenters. The van der Waals surface area contributed by atoms with Crippen LogP contribution in [-0.4, -0.2) is 99.5 Å². The van der Waals surface area contributed by atoms with Gasteiger partial charge < -0.3 is 25.0 Å². The van der Waals surface area contributed by atoms with Gasteiger partial charge in [0.25, 0.3) is 5.91 Å². The Morgan fingerprint density at radius 1 is 0.982 bits per heavy atom. The number of carbonyl (C=O) groups excluding carboxylic acids is 4. The number of amides is 4. The third-order valence-electron chi connectivity index (χ3n) is 11.8. The predicted octanol–water partition coefficient (Wildman–Crippen LogP) is 2.66. The monoisotopic (exact) mass is 802 g/mol. The highest BCUT2D eigenvalue weighted by Gasteiger charge is 2.62. The van der Waals surface area contributed by atoms with Gasteiger partial charge in [-0.05, 0) is 63.9 Å². The Kier molecular flexibility index (Phi) is 10.5. The van der Waals surface area contributed by atoms with E-state index in [1.165, 1.54) is 22.9 Å². The van der Waals surface area contributed by atoms with E-state index in [9.17, 15) is 32.4 Å². The molecule has 57 heavy (non-hydrogen) atoms. The Morgan fingerprint density at radius 3 is 2.54 bits per heavy atom. The summed E-state index contributed by atoms with van der Waals surface area (Å²) in [7, 11) is -2.57. The number of carbonyl (C=O) groups is 4. The molecule has 2 aliphatic heterocycles. The number of rotatable bonds is 8. The van der Waals surface area contributed by atoms with Gasteiger partial charge in [0.05, 0.1) is 41.2 Å². The van der Waals surface area contributed by atoms with Gasteiger partial charge in [0.15, 0.2) is 5.75 Å². The van der Waals surface area contributed by atoms with Crippen LogP contribution >= 0.6 is 0 Å². The van der Waals surface area contributed by atoms with Crippen molar-refractivity contribution in [2.75, 3.05) is 13.7 Å². The quantitative estimate of drug-likeness (QED) is 0.280. The molecule has 0 spiro atoms. The molecule has 18 heteroatoms. The Labute approximate surface area is 329 Å². The van der Waals surface area contributed by atoms with E-state index >= 15 is 0 Å². The van der Waals surface area contributed by atoms with Crippen LogP contribution in [0.4, 0.5) is 4.79 Å². The molecule has 4 fully saturated rings. The number of ether oxygens (including phenoxy) is 2. The third kappa shape index (κ3) is 7.70. The molecule has 3 aromatic rings. The number of nitrogens with one attached hydrogen (secondary N) is 3. The summed E-state index contributed by atoms with van der Waals surface area (Å²) in [5, 5.41) is 9.47. The van der Waals surface area contributed by atoms with Gasteiger partial charge in [0.1, 0.15) is 23.7 Å². The van der Waals surface area contributed by atoms with E-state index in [-0.39, 0.29) is 37.7 Å². The fourth-order valence-corrected chi connectivity index (χ4v) is 9.45. The molecule has 3 N–H and O–H groups in total. The fourth-order valence-electron chi connectivity index (χ4n) is 8.08. The number of fused-ring (bicyclic) bond motifs is 3. The van der Waals surface area contributed by atoms with Gasteiger partial charge in [-0.2, -0.15) is 5.10 Å². The Bertz CT molecular complexity index is 2290. The molecule has 3 aliphatic carbocycles. The molecule has 0 radical (unpaired) electrons. The van der Waals surface area contributed by atoms with E-state index in [4.69, 9.17) is 9.47 Å². The van der Waals surface area contributed by atoms with Crippen LogP contribution in [0, 0.1) is 5.92 Å². The van der Waals surface area contributed by atoms with Gasteiger partial charge in [0, 0.05) is 36.8 Å². The lowest BCUT2D eigenvalue weighted by molar-refractivity contribution is -0.141. The van der Waals surface area contributed by atoms with Crippen LogP contribution in [0.1, 0.15) is 83.1 Å². The smallest absolute Gasteiger partial charge is 0.408 e. The number of hydrogen-bond acceptors (Lipinski definition) is 12. The van der Waals surface area contributed by atoms with Crippen molar-refractivity contribution < 1.29 is 37.1 Å². The van der Waals surface area contributed by atoms with Crippen LogP contribution < -0.4 is 25.7 Å². The fraction of sp³-hybridized carbons (Fsp3) is 0.538. The lowest BCUT2D eigenvalue weighted by Gasteiger charge is -2.31. The number of sulfonamides is 1. The summed E-state index contributed by atoms with van der Waals surface area (Å²) < 4.78 is 40.3. The van der Waals surface area contributed by atoms with Crippen LogP contribution in [0.15, 0.2) is 53.7 Å².